The Bertz CT molecular complexity index is 907. The molecule has 2 aromatic rings. The molecule has 1 aliphatic heterocycles. The lowest BCUT2D eigenvalue weighted by molar-refractivity contribution is -0.384. The second kappa shape index (κ2) is 8.56. The number of ether oxygens (including phenoxy) is 2. The van der Waals surface area contributed by atoms with E-state index in [1.54, 1.807) is 44.0 Å². The molecular formula is C21H26N4O5. The number of nitrogens with one attached hydrogen (secondary N) is 1. The number of nitro groups is 1. The quantitative estimate of drug-likeness (QED) is 0.558. The Morgan fingerprint density at radius 2 is 2.00 bits per heavy atom. The van der Waals surface area contributed by atoms with Gasteiger partial charge in [-0.15, -0.1) is 0 Å². The van der Waals surface area contributed by atoms with Crippen LogP contribution >= 0.6 is 0 Å². The molecule has 9 heteroatoms. The summed E-state index contributed by atoms with van der Waals surface area (Å²) >= 11 is 0. The molecule has 3 rings (SSSR count). The van der Waals surface area contributed by atoms with E-state index >= 15 is 0 Å². The first-order valence-corrected chi connectivity index (χ1v) is 9.73. The van der Waals surface area contributed by atoms with Crippen molar-refractivity contribution in [2.24, 2.45) is 0 Å². The van der Waals surface area contributed by atoms with Crippen molar-refractivity contribution >= 4 is 17.5 Å². The number of carbonyl (C=O) groups is 1. The van der Waals surface area contributed by atoms with Crippen LogP contribution in [-0.4, -0.2) is 45.6 Å². The molecule has 1 aromatic heterocycles. The molecule has 1 atom stereocenters. The minimum atomic E-state index is -0.573. The Kier molecular flexibility index (Phi) is 6.09. The summed E-state index contributed by atoms with van der Waals surface area (Å²) in [6.07, 6.45) is 0.873. The van der Waals surface area contributed by atoms with Gasteiger partial charge in [0.2, 0.25) is 0 Å². The molecule has 0 unspecified atom stereocenters. The first kappa shape index (κ1) is 21.4. The molecule has 160 valence electrons. The summed E-state index contributed by atoms with van der Waals surface area (Å²) in [7, 11) is 0. The van der Waals surface area contributed by atoms with Gasteiger partial charge in [-0.2, -0.15) is 0 Å². The van der Waals surface area contributed by atoms with Gasteiger partial charge in [0.05, 0.1) is 16.7 Å². The van der Waals surface area contributed by atoms with E-state index in [0.29, 0.717) is 24.5 Å². The molecular weight excluding hydrogens is 388 g/mol. The number of likely N-dealkylation sites (tertiary alicyclic amines) is 1. The van der Waals surface area contributed by atoms with E-state index in [1.807, 2.05) is 25.1 Å². The van der Waals surface area contributed by atoms with Crippen molar-refractivity contribution in [3.8, 4) is 5.75 Å². The Morgan fingerprint density at radius 1 is 1.27 bits per heavy atom. The van der Waals surface area contributed by atoms with Crippen molar-refractivity contribution < 1.29 is 19.2 Å². The zero-order valence-corrected chi connectivity index (χ0v) is 17.5. The van der Waals surface area contributed by atoms with Gasteiger partial charge in [0.25, 0.3) is 5.69 Å². The summed E-state index contributed by atoms with van der Waals surface area (Å²) in [6.45, 7) is 8.02. The Morgan fingerprint density at radius 3 is 2.60 bits per heavy atom. The van der Waals surface area contributed by atoms with Crippen molar-refractivity contribution in [1.29, 1.82) is 0 Å². The minimum absolute atomic E-state index is 0.0866. The lowest BCUT2D eigenvalue weighted by Gasteiger charge is -2.40. The molecule has 1 N–H and O–H groups in total. The topological polar surface area (TPSA) is 107 Å². The highest BCUT2D eigenvalue weighted by atomic mass is 16.6. The number of pyridine rings is 1. The molecule has 0 spiro atoms. The van der Waals surface area contributed by atoms with Crippen LogP contribution in [0.2, 0.25) is 0 Å². The fourth-order valence-corrected chi connectivity index (χ4v) is 3.03. The van der Waals surface area contributed by atoms with E-state index < -0.39 is 22.7 Å². The van der Waals surface area contributed by atoms with Crippen LogP contribution in [0.4, 0.5) is 16.2 Å². The third-order valence-corrected chi connectivity index (χ3v) is 4.49. The summed E-state index contributed by atoms with van der Waals surface area (Å²) < 4.78 is 11.3. The Labute approximate surface area is 175 Å². The third-order valence-electron chi connectivity index (χ3n) is 4.49. The normalized spacial score (nSPS) is 15.1. The van der Waals surface area contributed by atoms with Gasteiger partial charge < -0.3 is 19.7 Å². The predicted molar refractivity (Wildman–Crippen MR) is 112 cm³/mol. The average Bonchev–Trinajstić information content (AvgIpc) is 2.64. The van der Waals surface area contributed by atoms with Gasteiger partial charge in [-0.05, 0) is 45.9 Å². The number of anilines is 1. The van der Waals surface area contributed by atoms with Gasteiger partial charge in [0, 0.05) is 25.4 Å². The minimum Gasteiger partial charge on any atom is -0.482 e. The molecule has 0 radical (unpaired) electrons. The number of para-hydroxylation sites is 1. The zero-order valence-electron chi connectivity index (χ0n) is 17.5. The van der Waals surface area contributed by atoms with Crippen LogP contribution in [0.3, 0.4) is 0 Å². The van der Waals surface area contributed by atoms with E-state index in [9.17, 15) is 14.9 Å². The van der Waals surface area contributed by atoms with E-state index in [1.165, 1.54) is 6.07 Å². The highest BCUT2D eigenvalue weighted by Gasteiger charge is 2.35. The molecule has 0 saturated carbocycles. The summed E-state index contributed by atoms with van der Waals surface area (Å²) in [5.41, 5.74) is 0.349. The standard InChI is InChI=1S/C21H26N4O5/c1-14(16-8-5-6-11-22-16)29-18-10-7-9-17(25(27)28)19(18)23-15-12-24(13-15)20(26)30-21(2,3)4/h5-11,14-15,23H,12-13H2,1-4H3/t14-/m1/s1. The number of aromatic nitrogens is 1. The second-order valence-electron chi connectivity index (χ2n) is 8.15. The Balaban J connectivity index is 1.72. The molecule has 1 aromatic carbocycles. The predicted octanol–water partition coefficient (Wildman–Crippen LogP) is 4.16. The molecule has 1 saturated heterocycles. The number of nitro benzene ring substituents is 1. The molecule has 1 aliphatic rings. The van der Waals surface area contributed by atoms with Crippen molar-refractivity contribution in [1.82, 2.24) is 9.88 Å². The molecule has 30 heavy (non-hydrogen) atoms. The maximum atomic E-state index is 12.1. The highest BCUT2D eigenvalue weighted by Crippen LogP contribution is 2.37. The maximum absolute atomic E-state index is 12.1. The zero-order chi connectivity index (χ0) is 21.9. The molecule has 1 fully saturated rings. The van der Waals surface area contributed by atoms with Gasteiger partial charge >= 0.3 is 6.09 Å². The number of hydrogen-bond donors (Lipinski definition) is 1. The number of benzene rings is 1. The maximum Gasteiger partial charge on any atom is 0.410 e. The Hall–Kier alpha value is -3.36. The van der Waals surface area contributed by atoms with E-state index in [-0.39, 0.29) is 11.7 Å². The summed E-state index contributed by atoms with van der Waals surface area (Å²) in [4.78, 5) is 29.0. The largest absolute Gasteiger partial charge is 0.482 e. The average molecular weight is 414 g/mol. The van der Waals surface area contributed by atoms with Crippen molar-refractivity contribution in [2.75, 3.05) is 18.4 Å². The van der Waals surface area contributed by atoms with Crippen LogP contribution in [0, 0.1) is 10.1 Å². The number of rotatable bonds is 6. The number of nitrogens with zero attached hydrogens (tertiary/aromatic N) is 3. The van der Waals surface area contributed by atoms with Gasteiger partial charge in [-0.25, -0.2) is 4.79 Å². The number of carbonyl (C=O) groups excluding carboxylic acids is 1. The van der Waals surface area contributed by atoms with Crippen LogP contribution in [0.1, 0.15) is 39.5 Å². The van der Waals surface area contributed by atoms with Crippen LogP contribution < -0.4 is 10.1 Å². The number of amides is 1. The van der Waals surface area contributed by atoms with Gasteiger partial charge in [-0.3, -0.25) is 15.1 Å². The summed E-state index contributed by atoms with van der Waals surface area (Å²) in [6, 6.07) is 10.0. The van der Waals surface area contributed by atoms with E-state index in [2.05, 4.69) is 10.3 Å². The molecule has 9 nitrogen and oxygen atoms in total. The fraction of sp³-hybridized carbons (Fsp3) is 0.429. The van der Waals surface area contributed by atoms with Gasteiger partial charge in [0.1, 0.15) is 11.7 Å². The lowest BCUT2D eigenvalue weighted by atomic mass is 10.1. The third kappa shape index (κ3) is 5.16. The molecule has 2 heterocycles. The molecule has 0 bridgehead atoms. The molecule has 1 amide bonds. The monoisotopic (exact) mass is 414 g/mol. The highest BCUT2D eigenvalue weighted by molar-refractivity contribution is 5.73. The summed E-state index contributed by atoms with van der Waals surface area (Å²) in [5, 5.41) is 14.7. The SMILES string of the molecule is C[C@@H](Oc1cccc([N+](=O)[O-])c1NC1CN(C(=O)OC(C)(C)C)C1)c1ccccn1. The first-order chi connectivity index (χ1) is 14.1. The lowest BCUT2D eigenvalue weighted by Crippen LogP contribution is -2.58. The molecule has 0 aliphatic carbocycles. The van der Waals surface area contributed by atoms with Gasteiger partial charge in [0.15, 0.2) is 11.4 Å². The van der Waals surface area contributed by atoms with Crippen LogP contribution in [0.15, 0.2) is 42.6 Å². The van der Waals surface area contributed by atoms with E-state index in [4.69, 9.17) is 9.47 Å². The van der Waals surface area contributed by atoms with Crippen LogP contribution in [-0.2, 0) is 4.74 Å². The van der Waals surface area contributed by atoms with Gasteiger partial charge in [-0.1, -0.05) is 12.1 Å². The van der Waals surface area contributed by atoms with Crippen LogP contribution in [0.25, 0.3) is 0 Å². The summed E-state index contributed by atoms with van der Waals surface area (Å²) in [5.74, 6) is 0.359. The van der Waals surface area contributed by atoms with E-state index in [0.717, 1.165) is 5.69 Å². The fourth-order valence-electron chi connectivity index (χ4n) is 3.03. The first-order valence-electron chi connectivity index (χ1n) is 9.73. The van der Waals surface area contributed by atoms with Crippen molar-refractivity contribution in [3.05, 3.63) is 58.4 Å². The van der Waals surface area contributed by atoms with Crippen LogP contribution in [0.5, 0.6) is 5.75 Å². The number of hydrogen-bond acceptors (Lipinski definition) is 7. The smallest absolute Gasteiger partial charge is 0.410 e. The van der Waals surface area contributed by atoms with Crippen molar-refractivity contribution in [3.63, 3.8) is 0 Å². The second-order valence-corrected chi connectivity index (χ2v) is 8.15. The van der Waals surface area contributed by atoms with Crippen molar-refractivity contribution in [2.45, 2.75) is 45.4 Å².